The number of hydrogen-bond acceptors (Lipinski definition) is 6. The molecule has 1 aliphatic heterocycles. The summed E-state index contributed by atoms with van der Waals surface area (Å²) in [5.74, 6) is 1.64. The SMILES string of the molecule is CCC(O)N1CCn2c(-c3nc4cc(-n5cc6c(n5)CCC(N)C6)cc(OC)c4n3C)cc3cccc1c32. The second-order valence-corrected chi connectivity index (χ2v) is 10.5. The molecule has 0 amide bonds. The van der Waals surface area contributed by atoms with Crippen molar-refractivity contribution in [3.63, 3.8) is 0 Å². The molecule has 7 rings (SSSR count). The molecule has 1 aliphatic carbocycles. The second-order valence-electron chi connectivity index (χ2n) is 10.5. The standard InChI is InChI=1S/C29H33N7O2/c1-4-26(37)34-10-11-35-24(13-17-6-5-7-23(34)27(17)35)29-31-22-14-20(15-25(38-3)28(22)33(29)2)36-16-18-12-19(30)8-9-21(18)32-36/h5-7,13-16,19,26,37H,4,8-12,30H2,1-3H3. The van der Waals surface area contributed by atoms with Gasteiger partial charge in [0.1, 0.15) is 17.5 Å². The number of aliphatic hydroxyl groups excluding tert-OH is 1. The number of imidazole rings is 1. The zero-order chi connectivity index (χ0) is 26.1. The number of aromatic nitrogens is 5. The number of nitrogens with two attached hydrogens (primary N) is 1. The van der Waals surface area contributed by atoms with E-state index in [1.54, 1.807) is 7.11 Å². The summed E-state index contributed by atoms with van der Waals surface area (Å²) >= 11 is 0. The number of hydrogen-bond donors (Lipinski definition) is 2. The molecule has 2 aliphatic rings. The summed E-state index contributed by atoms with van der Waals surface area (Å²) in [6, 6.07) is 12.8. The number of ether oxygens (including phenoxy) is 1. The van der Waals surface area contributed by atoms with E-state index in [-0.39, 0.29) is 6.04 Å². The van der Waals surface area contributed by atoms with Crippen molar-refractivity contribution in [3.8, 4) is 23.0 Å². The van der Waals surface area contributed by atoms with Crippen LogP contribution in [0.4, 0.5) is 5.69 Å². The number of rotatable bonds is 5. The fourth-order valence-corrected chi connectivity index (χ4v) is 6.29. The first kappa shape index (κ1) is 23.3. The van der Waals surface area contributed by atoms with E-state index in [2.05, 4.69) is 50.6 Å². The Kier molecular flexibility index (Phi) is 5.28. The van der Waals surface area contributed by atoms with Crippen molar-refractivity contribution in [2.45, 2.75) is 51.4 Å². The molecule has 38 heavy (non-hydrogen) atoms. The van der Waals surface area contributed by atoms with Crippen molar-refractivity contribution < 1.29 is 9.84 Å². The topological polar surface area (TPSA) is 99.3 Å². The molecule has 2 aromatic carbocycles. The number of aryl methyl sites for hydroxylation is 2. The van der Waals surface area contributed by atoms with Gasteiger partial charge in [0, 0.05) is 43.8 Å². The smallest absolute Gasteiger partial charge is 0.157 e. The van der Waals surface area contributed by atoms with Gasteiger partial charge in [-0.3, -0.25) is 0 Å². The predicted octanol–water partition coefficient (Wildman–Crippen LogP) is 3.75. The summed E-state index contributed by atoms with van der Waals surface area (Å²) in [6.07, 6.45) is 5.04. The Labute approximate surface area is 221 Å². The third-order valence-corrected chi connectivity index (χ3v) is 8.24. The average molecular weight is 512 g/mol. The molecule has 3 N–H and O–H groups in total. The van der Waals surface area contributed by atoms with Crippen LogP contribution in [0.5, 0.6) is 5.75 Å². The highest BCUT2D eigenvalue weighted by molar-refractivity contribution is 5.97. The molecule has 5 aromatic rings. The molecule has 0 spiro atoms. The fourth-order valence-electron chi connectivity index (χ4n) is 6.29. The Morgan fingerprint density at radius 1 is 1.18 bits per heavy atom. The fraction of sp³-hybridized carbons (Fsp3) is 0.379. The molecular weight excluding hydrogens is 478 g/mol. The molecule has 4 heterocycles. The molecule has 0 radical (unpaired) electrons. The van der Waals surface area contributed by atoms with Crippen molar-refractivity contribution in [1.29, 1.82) is 0 Å². The Balaban J connectivity index is 1.37. The van der Waals surface area contributed by atoms with Crippen LogP contribution in [0, 0.1) is 0 Å². The van der Waals surface area contributed by atoms with E-state index < -0.39 is 6.23 Å². The summed E-state index contributed by atoms with van der Waals surface area (Å²) in [4.78, 5) is 7.24. The molecule has 0 saturated heterocycles. The third-order valence-electron chi connectivity index (χ3n) is 8.24. The summed E-state index contributed by atoms with van der Waals surface area (Å²) in [5, 5.41) is 16.7. The molecule has 0 fully saturated rings. The van der Waals surface area contributed by atoms with Gasteiger partial charge in [0.05, 0.1) is 40.9 Å². The van der Waals surface area contributed by atoms with E-state index in [1.165, 1.54) is 5.56 Å². The lowest BCUT2D eigenvalue weighted by molar-refractivity contribution is 0.162. The van der Waals surface area contributed by atoms with Gasteiger partial charge in [-0.25, -0.2) is 9.67 Å². The van der Waals surface area contributed by atoms with Crippen LogP contribution in [0.3, 0.4) is 0 Å². The zero-order valence-electron chi connectivity index (χ0n) is 22.1. The molecule has 0 bridgehead atoms. The Hall–Kier alpha value is -3.82. The maximum Gasteiger partial charge on any atom is 0.157 e. The first-order valence-electron chi connectivity index (χ1n) is 13.4. The number of aliphatic hydroxyl groups is 1. The minimum atomic E-state index is -0.491. The largest absolute Gasteiger partial charge is 0.494 e. The van der Waals surface area contributed by atoms with Gasteiger partial charge >= 0.3 is 0 Å². The number of nitrogens with zero attached hydrogens (tertiary/aromatic N) is 6. The molecular formula is C29H33N7O2. The van der Waals surface area contributed by atoms with Gasteiger partial charge < -0.3 is 29.6 Å². The number of benzene rings is 2. The minimum absolute atomic E-state index is 0.201. The quantitative estimate of drug-likeness (QED) is 0.373. The van der Waals surface area contributed by atoms with Crippen LogP contribution in [0.15, 0.2) is 42.6 Å². The Morgan fingerprint density at radius 3 is 2.87 bits per heavy atom. The van der Waals surface area contributed by atoms with E-state index in [4.69, 9.17) is 20.6 Å². The van der Waals surface area contributed by atoms with Crippen molar-refractivity contribution in [2.75, 3.05) is 18.6 Å². The van der Waals surface area contributed by atoms with Gasteiger partial charge in [-0.2, -0.15) is 5.10 Å². The first-order chi connectivity index (χ1) is 18.5. The summed E-state index contributed by atoms with van der Waals surface area (Å²) in [6.45, 7) is 3.53. The zero-order valence-corrected chi connectivity index (χ0v) is 22.1. The van der Waals surface area contributed by atoms with E-state index in [9.17, 15) is 5.11 Å². The van der Waals surface area contributed by atoms with Gasteiger partial charge in [0.15, 0.2) is 5.82 Å². The maximum absolute atomic E-state index is 10.6. The van der Waals surface area contributed by atoms with Gasteiger partial charge in [-0.05, 0) is 49.4 Å². The molecule has 9 nitrogen and oxygen atoms in total. The van der Waals surface area contributed by atoms with Gasteiger partial charge in [0.25, 0.3) is 0 Å². The lowest BCUT2D eigenvalue weighted by Crippen LogP contribution is -2.39. The number of fused-ring (bicyclic) bond motifs is 2. The van der Waals surface area contributed by atoms with Crippen molar-refractivity contribution in [1.82, 2.24) is 23.9 Å². The Morgan fingerprint density at radius 2 is 2.05 bits per heavy atom. The van der Waals surface area contributed by atoms with Gasteiger partial charge in [-0.1, -0.05) is 19.1 Å². The molecule has 196 valence electrons. The second kappa shape index (κ2) is 8.61. The highest BCUT2D eigenvalue weighted by Gasteiger charge is 2.27. The monoisotopic (exact) mass is 511 g/mol. The number of para-hydroxylation sites is 1. The van der Waals surface area contributed by atoms with Crippen LogP contribution in [0.1, 0.15) is 31.0 Å². The molecule has 2 atom stereocenters. The van der Waals surface area contributed by atoms with Crippen LogP contribution in [0.2, 0.25) is 0 Å². The van der Waals surface area contributed by atoms with Crippen LogP contribution >= 0.6 is 0 Å². The summed E-state index contributed by atoms with van der Waals surface area (Å²) in [5.41, 5.74) is 14.5. The predicted molar refractivity (Wildman–Crippen MR) is 149 cm³/mol. The van der Waals surface area contributed by atoms with Gasteiger partial charge in [-0.15, -0.1) is 0 Å². The van der Waals surface area contributed by atoms with Crippen LogP contribution in [-0.2, 0) is 26.4 Å². The average Bonchev–Trinajstić information content (AvgIpc) is 3.62. The summed E-state index contributed by atoms with van der Waals surface area (Å²) < 4.78 is 12.3. The maximum atomic E-state index is 10.6. The van der Waals surface area contributed by atoms with Crippen LogP contribution in [0.25, 0.3) is 39.1 Å². The molecule has 0 saturated carbocycles. The lowest BCUT2D eigenvalue weighted by Gasteiger charge is -2.34. The molecule has 3 aromatic heterocycles. The molecule has 2 unspecified atom stereocenters. The third kappa shape index (κ3) is 3.38. The van der Waals surface area contributed by atoms with E-state index in [0.29, 0.717) is 6.42 Å². The van der Waals surface area contributed by atoms with E-state index >= 15 is 0 Å². The highest BCUT2D eigenvalue weighted by Crippen LogP contribution is 2.39. The normalized spacial score (nSPS) is 17.8. The lowest BCUT2D eigenvalue weighted by atomic mass is 9.94. The summed E-state index contributed by atoms with van der Waals surface area (Å²) in [7, 11) is 3.75. The highest BCUT2D eigenvalue weighted by atomic mass is 16.5. The first-order valence-corrected chi connectivity index (χ1v) is 13.4. The number of methoxy groups -OCH3 is 1. The number of anilines is 1. The van der Waals surface area contributed by atoms with Crippen molar-refractivity contribution in [2.24, 2.45) is 12.8 Å². The van der Waals surface area contributed by atoms with Crippen LogP contribution < -0.4 is 15.4 Å². The van der Waals surface area contributed by atoms with Crippen molar-refractivity contribution in [3.05, 3.63) is 53.9 Å². The van der Waals surface area contributed by atoms with Crippen molar-refractivity contribution >= 4 is 27.6 Å². The van der Waals surface area contributed by atoms with Crippen LogP contribution in [-0.4, -0.2) is 54.9 Å². The van der Waals surface area contributed by atoms with Gasteiger partial charge in [0.2, 0.25) is 0 Å². The van der Waals surface area contributed by atoms with E-state index in [0.717, 1.165) is 88.6 Å². The molecule has 9 heteroatoms. The Bertz CT molecular complexity index is 1690. The minimum Gasteiger partial charge on any atom is -0.494 e. The van der Waals surface area contributed by atoms with E-state index in [1.807, 2.05) is 24.7 Å².